The van der Waals surface area contributed by atoms with Crippen molar-refractivity contribution in [3.8, 4) is 5.75 Å². The Balaban J connectivity index is 2.88. The average molecular weight is 187 g/mol. The fourth-order valence-electron chi connectivity index (χ4n) is 1.47. The predicted molar refractivity (Wildman–Crippen MR) is 53.4 cm³/mol. The van der Waals surface area contributed by atoms with Gasteiger partial charge < -0.3 is 5.11 Å². The molecule has 3 nitrogen and oxygen atoms in total. The number of pyridine rings is 1. The summed E-state index contributed by atoms with van der Waals surface area (Å²) in [6.07, 6.45) is 1.53. The molecule has 3 heteroatoms. The second-order valence-corrected chi connectivity index (χ2v) is 3.09. The number of hydrogen-bond donors (Lipinski definition) is 1. The summed E-state index contributed by atoms with van der Waals surface area (Å²) in [5.74, 6) is 0.0774. The van der Waals surface area contributed by atoms with Crippen LogP contribution in [0.25, 0.3) is 10.9 Å². The molecule has 0 amide bonds. The van der Waals surface area contributed by atoms with Gasteiger partial charge in [-0.15, -0.1) is 0 Å². The molecule has 0 unspecified atom stereocenters. The van der Waals surface area contributed by atoms with Crippen LogP contribution in [0.4, 0.5) is 0 Å². The molecule has 2 aromatic rings. The summed E-state index contributed by atoms with van der Waals surface area (Å²) in [5.41, 5.74) is 1.06. The van der Waals surface area contributed by atoms with Gasteiger partial charge in [0, 0.05) is 17.1 Å². The monoisotopic (exact) mass is 187 g/mol. The van der Waals surface area contributed by atoms with Gasteiger partial charge in [0.15, 0.2) is 5.78 Å². The zero-order chi connectivity index (χ0) is 10.1. The molecule has 14 heavy (non-hydrogen) atoms. The van der Waals surface area contributed by atoms with E-state index in [1.165, 1.54) is 13.1 Å². The van der Waals surface area contributed by atoms with E-state index in [-0.39, 0.29) is 11.5 Å². The quantitative estimate of drug-likeness (QED) is 0.696. The number of aromatic nitrogens is 1. The Morgan fingerprint density at radius 3 is 2.86 bits per heavy atom. The molecule has 0 aliphatic rings. The van der Waals surface area contributed by atoms with Crippen molar-refractivity contribution < 1.29 is 9.90 Å². The third kappa shape index (κ3) is 1.23. The number of Topliss-reactive ketones (excluding diaryl/α,β-unsaturated/α-hetero) is 1. The maximum absolute atomic E-state index is 11.3. The number of ketones is 1. The summed E-state index contributed by atoms with van der Waals surface area (Å²) < 4.78 is 0. The zero-order valence-electron chi connectivity index (χ0n) is 7.69. The summed E-state index contributed by atoms with van der Waals surface area (Å²) >= 11 is 0. The van der Waals surface area contributed by atoms with Crippen LogP contribution in [0, 0.1) is 0 Å². The van der Waals surface area contributed by atoms with Crippen molar-refractivity contribution in [3.63, 3.8) is 0 Å². The highest BCUT2D eigenvalue weighted by atomic mass is 16.3. The van der Waals surface area contributed by atoms with Crippen LogP contribution in [-0.2, 0) is 0 Å². The number of hydrogen-bond acceptors (Lipinski definition) is 3. The van der Waals surface area contributed by atoms with Crippen molar-refractivity contribution in [2.24, 2.45) is 0 Å². The first-order chi connectivity index (χ1) is 6.70. The maximum atomic E-state index is 11.3. The SMILES string of the molecule is CC(=O)c1ccnc2c(O)cccc12. The van der Waals surface area contributed by atoms with Crippen molar-refractivity contribution in [1.29, 1.82) is 0 Å². The van der Waals surface area contributed by atoms with Crippen LogP contribution in [0.5, 0.6) is 5.75 Å². The summed E-state index contributed by atoms with van der Waals surface area (Å²) in [6, 6.07) is 6.69. The molecular formula is C11H9NO2. The molecule has 1 heterocycles. The molecule has 0 atom stereocenters. The molecule has 2 rings (SSSR count). The van der Waals surface area contributed by atoms with Gasteiger partial charge in [0.25, 0.3) is 0 Å². The molecule has 0 bridgehead atoms. The van der Waals surface area contributed by atoms with Crippen molar-refractivity contribution in [2.45, 2.75) is 6.92 Å². The largest absolute Gasteiger partial charge is 0.506 e. The topological polar surface area (TPSA) is 50.2 Å². The van der Waals surface area contributed by atoms with Crippen molar-refractivity contribution >= 4 is 16.7 Å². The third-order valence-corrected chi connectivity index (χ3v) is 2.13. The van der Waals surface area contributed by atoms with Crippen LogP contribution in [0.3, 0.4) is 0 Å². The van der Waals surface area contributed by atoms with Crippen LogP contribution < -0.4 is 0 Å². The number of aromatic hydroxyl groups is 1. The Morgan fingerprint density at radius 1 is 1.36 bits per heavy atom. The Morgan fingerprint density at radius 2 is 2.14 bits per heavy atom. The number of phenols is 1. The first-order valence-electron chi connectivity index (χ1n) is 4.28. The number of para-hydroxylation sites is 1. The Bertz CT molecular complexity index is 506. The second kappa shape index (κ2) is 3.10. The molecule has 0 spiro atoms. The van der Waals surface area contributed by atoms with Gasteiger partial charge in [0.05, 0.1) is 0 Å². The number of carbonyl (C=O) groups is 1. The van der Waals surface area contributed by atoms with Gasteiger partial charge in [-0.05, 0) is 19.1 Å². The van der Waals surface area contributed by atoms with Gasteiger partial charge in [-0.1, -0.05) is 12.1 Å². The minimum Gasteiger partial charge on any atom is -0.506 e. The highest BCUT2D eigenvalue weighted by Gasteiger charge is 2.07. The van der Waals surface area contributed by atoms with E-state index in [2.05, 4.69) is 4.98 Å². The van der Waals surface area contributed by atoms with Gasteiger partial charge in [0.1, 0.15) is 11.3 Å². The zero-order valence-corrected chi connectivity index (χ0v) is 7.69. The van der Waals surface area contributed by atoms with Gasteiger partial charge in [-0.25, -0.2) is 0 Å². The summed E-state index contributed by atoms with van der Waals surface area (Å²) in [5, 5.41) is 10.2. The molecule has 0 saturated carbocycles. The smallest absolute Gasteiger partial charge is 0.160 e. The summed E-state index contributed by atoms with van der Waals surface area (Å²) in [7, 11) is 0. The molecule has 0 saturated heterocycles. The second-order valence-electron chi connectivity index (χ2n) is 3.09. The highest BCUT2D eigenvalue weighted by molar-refractivity contribution is 6.06. The van der Waals surface area contributed by atoms with Gasteiger partial charge in [-0.3, -0.25) is 9.78 Å². The number of fused-ring (bicyclic) bond motifs is 1. The lowest BCUT2D eigenvalue weighted by Crippen LogP contribution is -1.94. The number of phenolic OH excluding ortho intramolecular Hbond substituents is 1. The van der Waals surface area contributed by atoms with E-state index in [0.717, 1.165) is 0 Å². The number of nitrogens with zero attached hydrogens (tertiary/aromatic N) is 1. The summed E-state index contributed by atoms with van der Waals surface area (Å²) in [4.78, 5) is 15.3. The standard InChI is InChI=1S/C11H9NO2/c1-7(13)8-5-6-12-11-9(8)3-2-4-10(11)14/h2-6,14H,1H3. The van der Waals surface area contributed by atoms with Crippen LogP contribution in [-0.4, -0.2) is 15.9 Å². The first-order valence-corrected chi connectivity index (χ1v) is 4.28. The van der Waals surface area contributed by atoms with E-state index in [1.807, 2.05) is 0 Å². The molecule has 0 radical (unpaired) electrons. The number of rotatable bonds is 1. The minimum absolute atomic E-state index is 0.0250. The molecule has 70 valence electrons. The van der Waals surface area contributed by atoms with E-state index >= 15 is 0 Å². The average Bonchev–Trinajstić information content (AvgIpc) is 2.17. The van der Waals surface area contributed by atoms with E-state index in [1.54, 1.807) is 24.3 Å². The molecule has 0 aliphatic heterocycles. The maximum Gasteiger partial charge on any atom is 0.160 e. The van der Waals surface area contributed by atoms with Crippen LogP contribution >= 0.6 is 0 Å². The van der Waals surface area contributed by atoms with Gasteiger partial charge in [0.2, 0.25) is 0 Å². The predicted octanol–water partition coefficient (Wildman–Crippen LogP) is 2.14. The van der Waals surface area contributed by atoms with E-state index in [0.29, 0.717) is 16.5 Å². The molecule has 0 fully saturated rings. The molecule has 1 aromatic heterocycles. The highest BCUT2D eigenvalue weighted by Crippen LogP contribution is 2.24. The van der Waals surface area contributed by atoms with Crippen LogP contribution in [0.1, 0.15) is 17.3 Å². The lowest BCUT2D eigenvalue weighted by atomic mass is 10.1. The van der Waals surface area contributed by atoms with Gasteiger partial charge in [-0.2, -0.15) is 0 Å². The number of carbonyl (C=O) groups excluding carboxylic acids is 1. The van der Waals surface area contributed by atoms with E-state index < -0.39 is 0 Å². The molecular weight excluding hydrogens is 178 g/mol. The number of benzene rings is 1. The fourth-order valence-corrected chi connectivity index (χ4v) is 1.47. The fraction of sp³-hybridized carbons (Fsp3) is 0.0909. The Hall–Kier alpha value is -1.90. The lowest BCUT2D eigenvalue weighted by Gasteiger charge is -2.03. The van der Waals surface area contributed by atoms with Crippen molar-refractivity contribution in [3.05, 3.63) is 36.0 Å². The molecule has 1 aromatic carbocycles. The molecule has 0 aliphatic carbocycles. The normalized spacial score (nSPS) is 10.4. The third-order valence-electron chi connectivity index (χ3n) is 2.13. The van der Waals surface area contributed by atoms with Crippen LogP contribution in [0.2, 0.25) is 0 Å². The van der Waals surface area contributed by atoms with E-state index in [9.17, 15) is 9.90 Å². The van der Waals surface area contributed by atoms with Crippen molar-refractivity contribution in [2.75, 3.05) is 0 Å². The Kier molecular flexibility index (Phi) is 1.93. The van der Waals surface area contributed by atoms with Crippen LogP contribution in [0.15, 0.2) is 30.5 Å². The van der Waals surface area contributed by atoms with Crippen molar-refractivity contribution in [1.82, 2.24) is 4.98 Å². The Labute approximate surface area is 81.0 Å². The first kappa shape index (κ1) is 8.69. The summed E-state index contributed by atoms with van der Waals surface area (Å²) in [6.45, 7) is 1.50. The lowest BCUT2D eigenvalue weighted by molar-refractivity contribution is 0.101. The molecule has 1 N–H and O–H groups in total. The van der Waals surface area contributed by atoms with Gasteiger partial charge >= 0.3 is 0 Å². The minimum atomic E-state index is -0.0250. The van der Waals surface area contributed by atoms with E-state index in [4.69, 9.17) is 0 Å².